The molecule has 0 unspecified atom stereocenters. The summed E-state index contributed by atoms with van der Waals surface area (Å²) in [6.07, 6.45) is 3.28. The molecule has 2 heterocycles. The Kier molecular flexibility index (Phi) is 2.53. The number of benzene rings is 1. The highest BCUT2D eigenvalue weighted by Crippen LogP contribution is 2.23. The number of hydrogen-bond acceptors (Lipinski definition) is 4. The molecule has 0 radical (unpaired) electrons. The number of nitrogens with zero attached hydrogens (tertiary/aromatic N) is 2. The summed E-state index contributed by atoms with van der Waals surface area (Å²) >= 11 is 0. The molecule has 0 atom stereocenters. The summed E-state index contributed by atoms with van der Waals surface area (Å²) in [7, 11) is 0. The van der Waals surface area contributed by atoms with Crippen molar-refractivity contribution in [2.45, 2.75) is 0 Å². The number of pyridine rings is 2. The number of nitrogens with two attached hydrogens (primary N) is 1. The minimum Gasteiger partial charge on any atom is -0.437 e. The SMILES string of the molecule is Nc1ccnc(Oc2cnc3ccccc3c2)c1. The summed E-state index contributed by atoms with van der Waals surface area (Å²) < 4.78 is 5.61. The van der Waals surface area contributed by atoms with Crippen LogP contribution in [0.15, 0.2) is 54.9 Å². The summed E-state index contributed by atoms with van der Waals surface area (Å²) in [5.41, 5.74) is 7.22. The van der Waals surface area contributed by atoms with Crippen molar-refractivity contribution >= 4 is 16.6 Å². The van der Waals surface area contributed by atoms with E-state index >= 15 is 0 Å². The van der Waals surface area contributed by atoms with E-state index in [-0.39, 0.29) is 0 Å². The summed E-state index contributed by atoms with van der Waals surface area (Å²) in [6.45, 7) is 0. The smallest absolute Gasteiger partial charge is 0.221 e. The normalized spacial score (nSPS) is 10.4. The molecular weight excluding hydrogens is 226 g/mol. The molecule has 4 nitrogen and oxygen atoms in total. The van der Waals surface area contributed by atoms with Gasteiger partial charge in [0.25, 0.3) is 0 Å². The average molecular weight is 237 g/mol. The molecule has 0 aliphatic carbocycles. The fourth-order valence-corrected chi connectivity index (χ4v) is 1.71. The largest absolute Gasteiger partial charge is 0.437 e. The lowest BCUT2D eigenvalue weighted by molar-refractivity contribution is 0.462. The van der Waals surface area contributed by atoms with Crippen LogP contribution in [0.5, 0.6) is 11.6 Å². The maximum absolute atomic E-state index is 5.67. The van der Waals surface area contributed by atoms with Gasteiger partial charge in [-0.1, -0.05) is 18.2 Å². The molecular formula is C14H11N3O. The predicted molar refractivity (Wildman–Crippen MR) is 70.5 cm³/mol. The van der Waals surface area contributed by atoms with Gasteiger partial charge in [0.1, 0.15) is 5.75 Å². The van der Waals surface area contributed by atoms with Gasteiger partial charge in [-0.3, -0.25) is 4.98 Å². The second-order valence-corrected chi connectivity index (χ2v) is 3.89. The van der Waals surface area contributed by atoms with Gasteiger partial charge >= 0.3 is 0 Å². The zero-order chi connectivity index (χ0) is 12.4. The standard InChI is InChI=1S/C14H11N3O/c15-11-5-6-16-14(8-11)18-12-7-10-3-1-2-4-13(10)17-9-12/h1-9H,(H2,15,16). The number of aromatic nitrogens is 2. The van der Waals surface area contributed by atoms with Crippen molar-refractivity contribution in [3.05, 3.63) is 54.9 Å². The third kappa shape index (κ3) is 2.08. The Hall–Kier alpha value is -2.62. The Bertz CT molecular complexity index is 697. The fraction of sp³-hybridized carbons (Fsp3) is 0. The monoisotopic (exact) mass is 237 g/mol. The Balaban J connectivity index is 1.95. The molecule has 0 spiro atoms. The number of fused-ring (bicyclic) bond motifs is 1. The van der Waals surface area contributed by atoms with E-state index < -0.39 is 0 Å². The van der Waals surface area contributed by atoms with E-state index in [0.717, 1.165) is 10.9 Å². The second-order valence-electron chi connectivity index (χ2n) is 3.89. The molecule has 2 aromatic heterocycles. The third-order valence-corrected chi connectivity index (χ3v) is 2.55. The topological polar surface area (TPSA) is 61.0 Å². The molecule has 18 heavy (non-hydrogen) atoms. The summed E-state index contributed by atoms with van der Waals surface area (Å²) in [4.78, 5) is 8.40. The fourth-order valence-electron chi connectivity index (χ4n) is 1.71. The molecule has 0 fully saturated rings. The molecule has 0 aliphatic rings. The van der Waals surface area contributed by atoms with Gasteiger partial charge < -0.3 is 10.5 Å². The lowest BCUT2D eigenvalue weighted by Gasteiger charge is -2.05. The van der Waals surface area contributed by atoms with Crippen LogP contribution < -0.4 is 10.5 Å². The minimum atomic E-state index is 0.465. The van der Waals surface area contributed by atoms with Crippen LogP contribution in [0.25, 0.3) is 10.9 Å². The van der Waals surface area contributed by atoms with E-state index in [1.165, 1.54) is 0 Å². The van der Waals surface area contributed by atoms with Crippen LogP contribution in [0.2, 0.25) is 0 Å². The molecule has 88 valence electrons. The van der Waals surface area contributed by atoms with Crippen molar-refractivity contribution in [3.63, 3.8) is 0 Å². The molecule has 0 aliphatic heterocycles. The maximum atomic E-state index is 5.67. The van der Waals surface area contributed by atoms with Crippen LogP contribution in [-0.4, -0.2) is 9.97 Å². The lowest BCUT2D eigenvalue weighted by Crippen LogP contribution is -1.91. The molecule has 0 saturated carbocycles. The lowest BCUT2D eigenvalue weighted by atomic mass is 10.2. The van der Waals surface area contributed by atoms with Crippen LogP contribution >= 0.6 is 0 Å². The molecule has 1 aromatic carbocycles. The van der Waals surface area contributed by atoms with E-state index in [1.807, 2.05) is 30.3 Å². The van der Waals surface area contributed by atoms with Crippen molar-refractivity contribution in [3.8, 4) is 11.6 Å². The molecule has 4 heteroatoms. The van der Waals surface area contributed by atoms with E-state index in [1.54, 1.807) is 24.5 Å². The zero-order valence-corrected chi connectivity index (χ0v) is 9.58. The molecule has 0 bridgehead atoms. The first-order chi connectivity index (χ1) is 8.81. The van der Waals surface area contributed by atoms with Gasteiger partial charge in [0.15, 0.2) is 0 Å². The van der Waals surface area contributed by atoms with E-state index in [4.69, 9.17) is 10.5 Å². The first-order valence-electron chi connectivity index (χ1n) is 5.55. The first-order valence-corrected chi connectivity index (χ1v) is 5.55. The molecule has 2 N–H and O–H groups in total. The number of rotatable bonds is 2. The van der Waals surface area contributed by atoms with Crippen LogP contribution in [0.3, 0.4) is 0 Å². The summed E-state index contributed by atoms with van der Waals surface area (Å²) in [6, 6.07) is 13.2. The highest BCUT2D eigenvalue weighted by atomic mass is 16.5. The van der Waals surface area contributed by atoms with E-state index in [0.29, 0.717) is 17.3 Å². The molecule has 0 saturated heterocycles. The van der Waals surface area contributed by atoms with Gasteiger partial charge in [0.2, 0.25) is 5.88 Å². The van der Waals surface area contributed by atoms with Crippen LogP contribution in [0.1, 0.15) is 0 Å². The van der Waals surface area contributed by atoms with Crippen LogP contribution in [-0.2, 0) is 0 Å². The molecule has 0 amide bonds. The first kappa shape index (κ1) is 10.5. The van der Waals surface area contributed by atoms with Crippen molar-refractivity contribution in [2.75, 3.05) is 5.73 Å². The maximum Gasteiger partial charge on any atom is 0.221 e. The van der Waals surface area contributed by atoms with Crippen molar-refractivity contribution in [1.29, 1.82) is 0 Å². The van der Waals surface area contributed by atoms with E-state index in [9.17, 15) is 0 Å². The average Bonchev–Trinajstić information content (AvgIpc) is 2.39. The van der Waals surface area contributed by atoms with Crippen molar-refractivity contribution < 1.29 is 4.74 Å². The number of hydrogen-bond donors (Lipinski definition) is 1. The van der Waals surface area contributed by atoms with Gasteiger partial charge in [-0.15, -0.1) is 0 Å². The second kappa shape index (κ2) is 4.33. The molecule has 3 aromatic rings. The summed E-state index contributed by atoms with van der Waals surface area (Å²) in [5, 5.41) is 1.03. The minimum absolute atomic E-state index is 0.465. The van der Waals surface area contributed by atoms with Gasteiger partial charge in [-0.25, -0.2) is 4.98 Å². The Morgan fingerprint density at radius 2 is 1.89 bits per heavy atom. The van der Waals surface area contributed by atoms with Gasteiger partial charge in [-0.05, 0) is 18.2 Å². The van der Waals surface area contributed by atoms with Gasteiger partial charge in [-0.2, -0.15) is 0 Å². The van der Waals surface area contributed by atoms with Crippen LogP contribution in [0.4, 0.5) is 5.69 Å². The number of nitrogen functional groups attached to an aromatic ring is 1. The summed E-state index contributed by atoms with van der Waals surface area (Å²) in [5.74, 6) is 1.11. The van der Waals surface area contributed by atoms with Crippen molar-refractivity contribution in [1.82, 2.24) is 9.97 Å². The van der Waals surface area contributed by atoms with Crippen molar-refractivity contribution in [2.24, 2.45) is 0 Å². The highest BCUT2D eigenvalue weighted by molar-refractivity contribution is 5.79. The zero-order valence-electron chi connectivity index (χ0n) is 9.58. The van der Waals surface area contributed by atoms with Gasteiger partial charge in [0, 0.05) is 23.3 Å². The Morgan fingerprint density at radius 3 is 2.78 bits per heavy atom. The predicted octanol–water partition coefficient (Wildman–Crippen LogP) is 3.00. The highest BCUT2D eigenvalue weighted by Gasteiger charge is 2.01. The van der Waals surface area contributed by atoms with E-state index in [2.05, 4.69) is 9.97 Å². The Labute approximate surface area is 104 Å². The number of ether oxygens (including phenoxy) is 1. The van der Waals surface area contributed by atoms with Crippen LogP contribution in [0, 0.1) is 0 Å². The van der Waals surface area contributed by atoms with Gasteiger partial charge in [0.05, 0.1) is 11.7 Å². The number of para-hydroxylation sites is 1. The quantitative estimate of drug-likeness (QED) is 0.744. The molecule has 3 rings (SSSR count). The third-order valence-electron chi connectivity index (χ3n) is 2.55. The Morgan fingerprint density at radius 1 is 1.00 bits per heavy atom. The number of anilines is 1.